The molecule has 1 radical (unpaired) electrons. The van der Waals surface area contributed by atoms with Crippen LogP contribution in [0.1, 0.15) is 55.4 Å². The van der Waals surface area contributed by atoms with E-state index < -0.39 is 0 Å². The van der Waals surface area contributed by atoms with E-state index in [1.165, 1.54) is 0 Å². The van der Waals surface area contributed by atoms with E-state index in [0.29, 0.717) is 0 Å². The SMILES string of the molecule is CC(C)PC(C)C.CC(C)PC(C)C.[Co]. The van der Waals surface area contributed by atoms with E-state index in [-0.39, 0.29) is 16.8 Å². The molecule has 0 saturated heterocycles. The first-order valence-corrected chi connectivity index (χ1v) is 8.08. The second-order valence-corrected chi connectivity index (χ2v) is 10.2. The number of hydrogen-bond acceptors (Lipinski definition) is 0. The predicted molar refractivity (Wildman–Crippen MR) is 77.2 cm³/mol. The van der Waals surface area contributed by atoms with Crippen LogP contribution < -0.4 is 0 Å². The summed E-state index contributed by atoms with van der Waals surface area (Å²) in [5, 5.41) is 0. The van der Waals surface area contributed by atoms with E-state index in [1.807, 2.05) is 0 Å². The van der Waals surface area contributed by atoms with Crippen molar-refractivity contribution in [1.82, 2.24) is 0 Å². The summed E-state index contributed by atoms with van der Waals surface area (Å²) in [6.45, 7) is 18.2. The smallest absolute Gasteiger partial charge is 0 e. The van der Waals surface area contributed by atoms with Crippen molar-refractivity contribution in [2.75, 3.05) is 0 Å². The van der Waals surface area contributed by atoms with Gasteiger partial charge >= 0.3 is 0 Å². The predicted octanol–water partition coefficient (Wildman–Crippen LogP) is 4.96. The van der Waals surface area contributed by atoms with Crippen LogP contribution in [0.15, 0.2) is 0 Å². The van der Waals surface area contributed by atoms with Gasteiger partial charge in [0.2, 0.25) is 0 Å². The number of rotatable bonds is 4. The third kappa shape index (κ3) is 31.3. The molecule has 0 aliphatic rings. The van der Waals surface area contributed by atoms with E-state index in [9.17, 15) is 0 Å². The van der Waals surface area contributed by atoms with Gasteiger partial charge in [-0.15, -0.1) is 17.2 Å². The Morgan fingerprint density at radius 2 is 0.600 bits per heavy atom. The summed E-state index contributed by atoms with van der Waals surface area (Å²) in [4.78, 5) is 0. The average molecular weight is 295 g/mol. The Kier molecular flexibility index (Phi) is 19.4. The van der Waals surface area contributed by atoms with Crippen molar-refractivity contribution < 1.29 is 16.8 Å². The van der Waals surface area contributed by atoms with Crippen molar-refractivity contribution in [3.63, 3.8) is 0 Å². The van der Waals surface area contributed by atoms with Crippen molar-refractivity contribution in [2.45, 2.75) is 78.0 Å². The molecule has 97 valence electrons. The molecule has 0 aromatic rings. The van der Waals surface area contributed by atoms with Gasteiger partial charge in [0, 0.05) is 16.8 Å². The molecular formula is C12H30CoP2. The Labute approximate surface area is 112 Å². The minimum atomic E-state index is 0. The summed E-state index contributed by atoms with van der Waals surface area (Å²) in [5.74, 6) is 0. The molecule has 0 unspecified atom stereocenters. The Bertz CT molecular complexity index is 86.2. The minimum absolute atomic E-state index is 0. The molecule has 0 aliphatic carbocycles. The first kappa shape index (κ1) is 21.6. The summed E-state index contributed by atoms with van der Waals surface area (Å²) in [6.07, 6.45) is 0. The van der Waals surface area contributed by atoms with E-state index >= 15 is 0 Å². The van der Waals surface area contributed by atoms with Crippen LogP contribution in [0.5, 0.6) is 0 Å². The number of hydrogen-bond donors (Lipinski definition) is 0. The van der Waals surface area contributed by atoms with E-state index in [2.05, 4.69) is 55.4 Å². The molecule has 0 bridgehead atoms. The van der Waals surface area contributed by atoms with Crippen molar-refractivity contribution in [2.24, 2.45) is 0 Å². The van der Waals surface area contributed by atoms with Crippen LogP contribution >= 0.6 is 17.2 Å². The van der Waals surface area contributed by atoms with Gasteiger partial charge in [-0.05, 0) is 22.6 Å². The van der Waals surface area contributed by atoms with Gasteiger partial charge in [-0.1, -0.05) is 55.4 Å². The molecule has 0 aromatic carbocycles. The van der Waals surface area contributed by atoms with Crippen molar-refractivity contribution in [3.8, 4) is 0 Å². The van der Waals surface area contributed by atoms with Gasteiger partial charge in [-0.25, -0.2) is 0 Å². The third-order valence-corrected chi connectivity index (χ3v) is 4.00. The van der Waals surface area contributed by atoms with Gasteiger partial charge in [0.05, 0.1) is 0 Å². The topological polar surface area (TPSA) is 0 Å². The fraction of sp³-hybridized carbons (Fsp3) is 1.00. The van der Waals surface area contributed by atoms with E-state index in [4.69, 9.17) is 0 Å². The summed E-state index contributed by atoms with van der Waals surface area (Å²) < 4.78 is 0. The average Bonchev–Trinajstić information content (AvgIpc) is 1.79. The van der Waals surface area contributed by atoms with Crippen LogP contribution in [-0.2, 0) is 16.8 Å². The molecule has 0 saturated carbocycles. The van der Waals surface area contributed by atoms with Crippen LogP contribution in [-0.4, -0.2) is 22.6 Å². The summed E-state index contributed by atoms with van der Waals surface area (Å²) in [6, 6.07) is 0. The van der Waals surface area contributed by atoms with Crippen molar-refractivity contribution >= 4 is 17.2 Å². The molecule has 0 heterocycles. The third-order valence-electron chi connectivity index (χ3n) is 1.33. The molecule has 0 fully saturated rings. The molecule has 0 aromatic heterocycles. The Morgan fingerprint density at radius 1 is 0.467 bits per heavy atom. The molecule has 0 N–H and O–H groups in total. The van der Waals surface area contributed by atoms with Crippen molar-refractivity contribution in [1.29, 1.82) is 0 Å². The maximum Gasteiger partial charge on any atom is 0 e. The van der Waals surface area contributed by atoms with E-state index in [0.717, 1.165) is 39.8 Å². The molecule has 0 nitrogen and oxygen atoms in total. The van der Waals surface area contributed by atoms with E-state index in [1.54, 1.807) is 0 Å². The van der Waals surface area contributed by atoms with Gasteiger partial charge in [0.15, 0.2) is 0 Å². The van der Waals surface area contributed by atoms with Crippen LogP contribution in [0, 0.1) is 0 Å². The monoisotopic (exact) mass is 295 g/mol. The molecule has 3 heteroatoms. The standard InChI is InChI=1S/2C6H15P.Co/c2*1-5(2)7-6(3)4;/h2*5-7H,1-4H3;. The molecule has 0 rings (SSSR count). The van der Waals surface area contributed by atoms with Crippen molar-refractivity contribution in [3.05, 3.63) is 0 Å². The van der Waals surface area contributed by atoms with Crippen LogP contribution in [0.2, 0.25) is 0 Å². The molecule has 0 amide bonds. The maximum absolute atomic E-state index is 2.28. The Balaban J connectivity index is -0.000000180. The zero-order valence-electron chi connectivity index (χ0n) is 11.6. The van der Waals surface area contributed by atoms with Gasteiger partial charge < -0.3 is 0 Å². The van der Waals surface area contributed by atoms with Gasteiger partial charge in [-0.3, -0.25) is 0 Å². The maximum atomic E-state index is 2.28. The Morgan fingerprint density at radius 3 is 0.600 bits per heavy atom. The van der Waals surface area contributed by atoms with Gasteiger partial charge in [0.1, 0.15) is 0 Å². The first-order chi connectivity index (χ1) is 6.25. The molecular weight excluding hydrogens is 265 g/mol. The largest absolute Gasteiger partial charge is 0.117 e. The second kappa shape index (κ2) is 13.4. The summed E-state index contributed by atoms with van der Waals surface area (Å²) >= 11 is 0. The molecule has 0 atom stereocenters. The molecule has 15 heavy (non-hydrogen) atoms. The summed E-state index contributed by atoms with van der Waals surface area (Å²) in [7, 11) is 2.29. The second-order valence-electron chi connectivity index (χ2n) is 4.95. The van der Waals surface area contributed by atoms with Crippen LogP contribution in [0.3, 0.4) is 0 Å². The fourth-order valence-electron chi connectivity index (χ4n) is 1.33. The zero-order chi connectivity index (χ0) is 11.7. The quantitative estimate of drug-likeness (QED) is 0.643. The van der Waals surface area contributed by atoms with Gasteiger partial charge in [0.25, 0.3) is 0 Å². The molecule has 0 spiro atoms. The zero-order valence-corrected chi connectivity index (χ0v) is 14.7. The fourth-order valence-corrected chi connectivity index (χ4v) is 4.00. The minimum Gasteiger partial charge on any atom is -0.117 e. The van der Waals surface area contributed by atoms with Gasteiger partial charge in [-0.2, -0.15) is 0 Å². The normalized spacial score (nSPS) is 10.4. The Hall–Kier alpha value is 1.37. The van der Waals surface area contributed by atoms with Crippen LogP contribution in [0.4, 0.5) is 0 Å². The van der Waals surface area contributed by atoms with Crippen LogP contribution in [0.25, 0.3) is 0 Å². The first-order valence-electron chi connectivity index (χ1n) is 5.77. The molecule has 0 aliphatic heterocycles. The summed E-state index contributed by atoms with van der Waals surface area (Å²) in [5.41, 5.74) is 3.61.